The third kappa shape index (κ3) is 5.45. The number of halogens is 2. The average Bonchev–Trinajstić information content (AvgIpc) is 3.14. The molecule has 0 spiro atoms. The van der Waals surface area contributed by atoms with Gasteiger partial charge in [-0.25, -0.2) is 0 Å². The lowest BCUT2D eigenvalue weighted by molar-refractivity contribution is -0.132. The molecule has 0 radical (unpaired) electrons. The van der Waals surface area contributed by atoms with Crippen molar-refractivity contribution in [3.63, 3.8) is 0 Å². The summed E-state index contributed by atoms with van der Waals surface area (Å²) in [4.78, 5) is 31.2. The quantitative estimate of drug-likeness (QED) is 0.725. The van der Waals surface area contributed by atoms with Gasteiger partial charge in [0.05, 0.1) is 13.0 Å². The van der Waals surface area contributed by atoms with Gasteiger partial charge in [-0.05, 0) is 35.7 Å². The Hall–Kier alpha value is -2.28. The second-order valence-electron chi connectivity index (χ2n) is 7.50. The number of piperazine rings is 1. The van der Waals surface area contributed by atoms with E-state index in [0.717, 1.165) is 37.3 Å². The summed E-state index contributed by atoms with van der Waals surface area (Å²) in [5, 5.41) is 0. The van der Waals surface area contributed by atoms with Crippen LogP contribution in [0.2, 0.25) is 0 Å². The third-order valence-electron chi connectivity index (χ3n) is 5.61. The highest BCUT2D eigenvalue weighted by atomic mass is 35.5. The van der Waals surface area contributed by atoms with Crippen molar-refractivity contribution in [2.24, 2.45) is 0 Å². The minimum Gasteiger partial charge on any atom is -0.399 e. The molecule has 0 unspecified atom stereocenters. The van der Waals surface area contributed by atoms with Gasteiger partial charge in [-0.2, -0.15) is 0 Å². The Morgan fingerprint density at radius 2 is 1.50 bits per heavy atom. The molecule has 0 aliphatic carbocycles. The van der Waals surface area contributed by atoms with E-state index < -0.39 is 0 Å². The SMILES string of the molecule is Cl.Cl.Nc1ccc(CC(=O)N2CCN(CC(=O)N3CCc4ccccc43)CC2)cc1. The highest BCUT2D eigenvalue weighted by Crippen LogP contribution is 2.27. The molecule has 0 atom stereocenters. The number of benzene rings is 2. The summed E-state index contributed by atoms with van der Waals surface area (Å²) in [5.74, 6) is 0.274. The zero-order valence-electron chi connectivity index (χ0n) is 16.8. The van der Waals surface area contributed by atoms with Gasteiger partial charge in [-0.1, -0.05) is 30.3 Å². The predicted molar refractivity (Wildman–Crippen MR) is 125 cm³/mol. The molecular weight excluding hydrogens is 423 g/mol. The van der Waals surface area contributed by atoms with Gasteiger partial charge in [0, 0.05) is 44.1 Å². The van der Waals surface area contributed by atoms with E-state index in [0.29, 0.717) is 31.7 Å². The van der Waals surface area contributed by atoms with Crippen molar-refractivity contribution in [3.05, 3.63) is 59.7 Å². The first-order valence-corrected chi connectivity index (χ1v) is 9.83. The Bertz CT molecular complexity index is 868. The maximum Gasteiger partial charge on any atom is 0.241 e. The molecule has 8 heteroatoms. The van der Waals surface area contributed by atoms with Crippen LogP contribution in [-0.4, -0.2) is 60.9 Å². The van der Waals surface area contributed by atoms with Gasteiger partial charge in [-0.3, -0.25) is 14.5 Å². The second-order valence-corrected chi connectivity index (χ2v) is 7.50. The fraction of sp³-hybridized carbons (Fsp3) is 0.364. The van der Waals surface area contributed by atoms with Gasteiger partial charge < -0.3 is 15.5 Å². The van der Waals surface area contributed by atoms with Crippen molar-refractivity contribution in [2.45, 2.75) is 12.8 Å². The van der Waals surface area contributed by atoms with E-state index in [1.54, 1.807) is 0 Å². The summed E-state index contributed by atoms with van der Waals surface area (Å²) >= 11 is 0. The van der Waals surface area contributed by atoms with Gasteiger partial charge in [0.2, 0.25) is 11.8 Å². The first kappa shape index (κ1) is 24.0. The van der Waals surface area contributed by atoms with Gasteiger partial charge in [0.15, 0.2) is 0 Å². The molecule has 0 saturated carbocycles. The highest BCUT2D eigenvalue weighted by molar-refractivity contribution is 5.96. The van der Waals surface area contributed by atoms with Gasteiger partial charge in [0.1, 0.15) is 0 Å². The molecular formula is C22H28Cl2N4O2. The van der Waals surface area contributed by atoms with E-state index in [1.165, 1.54) is 5.56 Å². The van der Waals surface area contributed by atoms with Crippen molar-refractivity contribution >= 4 is 48.0 Å². The monoisotopic (exact) mass is 450 g/mol. The first-order valence-electron chi connectivity index (χ1n) is 9.83. The van der Waals surface area contributed by atoms with Crippen molar-refractivity contribution < 1.29 is 9.59 Å². The Balaban J connectivity index is 0.00000160. The molecule has 0 bridgehead atoms. The summed E-state index contributed by atoms with van der Waals surface area (Å²) in [6.45, 7) is 3.96. The molecule has 2 aromatic rings. The molecule has 162 valence electrons. The van der Waals surface area contributed by atoms with Crippen LogP contribution < -0.4 is 10.6 Å². The van der Waals surface area contributed by atoms with E-state index in [-0.39, 0.29) is 36.6 Å². The maximum absolute atomic E-state index is 12.8. The summed E-state index contributed by atoms with van der Waals surface area (Å²) in [5.41, 5.74) is 9.67. The molecule has 1 fully saturated rings. The normalized spacial score (nSPS) is 15.7. The molecule has 6 nitrogen and oxygen atoms in total. The number of amides is 2. The second kappa shape index (κ2) is 10.7. The smallest absolute Gasteiger partial charge is 0.241 e. The molecule has 2 aliphatic heterocycles. The van der Waals surface area contributed by atoms with Crippen LogP contribution in [0.3, 0.4) is 0 Å². The third-order valence-corrected chi connectivity index (χ3v) is 5.61. The van der Waals surface area contributed by atoms with E-state index >= 15 is 0 Å². The molecule has 2 aliphatic rings. The van der Waals surface area contributed by atoms with Crippen LogP contribution in [0.25, 0.3) is 0 Å². The van der Waals surface area contributed by atoms with Crippen LogP contribution in [0.15, 0.2) is 48.5 Å². The molecule has 2 aromatic carbocycles. The summed E-state index contributed by atoms with van der Waals surface area (Å²) < 4.78 is 0. The highest BCUT2D eigenvalue weighted by Gasteiger charge is 2.27. The molecule has 30 heavy (non-hydrogen) atoms. The number of nitrogens with two attached hydrogens (primary N) is 1. The predicted octanol–water partition coefficient (Wildman–Crippen LogP) is 2.39. The minimum absolute atomic E-state index is 0. The largest absolute Gasteiger partial charge is 0.399 e. The summed E-state index contributed by atoms with van der Waals surface area (Å²) in [7, 11) is 0. The number of carbonyl (C=O) groups is 2. The maximum atomic E-state index is 12.8. The molecule has 0 aromatic heterocycles. The Morgan fingerprint density at radius 3 is 2.20 bits per heavy atom. The van der Waals surface area contributed by atoms with E-state index in [2.05, 4.69) is 11.0 Å². The standard InChI is InChI=1S/C22H26N4O2.2ClH/c23-19-7-5-17(6-8-19)15-21(27)25-13-11-24(12-14-25)16-22(28)26-10-9-18-3-1-2-4-20(18)26;;/h1-8H,9-16,23H2;2*1H. The van der Waals surface area contributed by atoms with E-state index in [9.17, 15) is 9.59 Å². The number of nitrogen functional groups attached to an aromatic ring is 1. The van der Waals surface area contributed by atoms with E-state index in [4.69, 9.17) is 5.73 Å². The van der Waals surface area contributed by atoms with Crippen LogP contribution in [0.1, 0.15) is 11.1 Å². The Kier molecular flexibility index (Phi) is 8.53. The molecule has 2 heterocycles. The van der Waals surface area contributed by atoms with Crippen molar-refractivity contribution in [1.82, 2.24) is 9.80 Å². The molecule has 2 N–H and O–H groups in total. The Labute approximate surface area is 189 Å². The number of anilines is 2. The zero-order chi connectivity index (χ0) is 19.5. The van der Waals surface area contributed by atoms with Crippen molar-refractivity contribution in [3.8, 4) is 0 Å². The molecule has 2 amide bonds. The minimum atomic E-state index is 0. The van der Waals surface area contributed by atoms with Crippen LogP contribution in [0.5, 0.6) is 0 Å². The average molecular weight is 451 g/mol. The Morgan fingerprint density at radius 1 is 0.833 bits per heavy atom. The molecule has 1 saturated heterocycles. The van der Waals surface area contributed by atoms with Gasteiger partial charge in [-0.15, -0.1) is 24.8 Å². The zero-order valence-corrected chi connectivity index (χ0v) is 18.5. The first-order chi connectivity index (χ1) is 13.6. The number of rotatable bonds is 4. The fourth-order valence-corrected chi connectivity index (χ4v) is 3.95. The van der Waals surface area contributed by atoms with E-state index in [1.807, 2.05) is 52.3 Å². The van der Waals surface area contributed by atoms with Crippen LogP contribution in [-0.2, 0) is 22.4 Å². The van der Waals surface area contributed by atoms with Crippen LogP contribution >= 0.6 is 24.8 Å². The number of hydrogen-bond donors (Lipinski definition) is 1. The van der Waals surface area contributed by atoms with Gasteiger partial charge >= 0.3 is 0 Å². The van der Waals surface area contributed by atoms with Crippen LogP contribution in [0, 0.1) is 0 Å². The molecule has 4 rings (SSSR count). The van der Waals surface area contributed by atoms with Crippen molar-refractivity contribution in [1.29, 1.82) is 0 Å². The topological polar surface area (TPSA) is 69.9 Å². The number of carbonyl (C=O) groups excluding carboxylic acids is 2. The van der Waals surface area contributed by atoms with Crippen molar-refractivity contribution in [2.75, 3.05) is 49.9 Å². The fourth-order valence-electron chi connectivity index (χ4n) is 3.95. The summed E-state index contributed by atoms with van der Waals surface area (Å²) in [6, 6.07) is 15.6. The lowest BCUT2D eigenvalue weighted by Crippen LogP contribution is -2.51. The van der Waals surface area contributed by atoms with Gasteiger partial charge in [0.25, 0.3) is 0 Å². The van der Waals surface area contributed by atoms with Crippen LogP contribution in [0.4, 0.5) is 11.4 Å². The number of nitrogens with zero attached hydrogens (tertiary/aromatic N) is 3. The number of fused-ring (bicyclic) bond motifs is 1. The lowest BCUT2D eigenvalue weighted by atomic mass is 10.1. The number of para-hydroxylation sites is 1. The number of hydrogen-bond acceptors (Lipinski definition) is 4. The summed E-state index contributed by atoms with van der Waals surface area (Å²) in [6.07, 6.45) is 1.32. The lowest BCUT2D eigenvalue weighted by Gasteiger charge is -2.35.